The molecule has 1 N–H and O–H groups in total. The molecule has 3 amide bonds. The molecule has 2 aliphatic heterocycles. The van der Waals surface area contributed by atoms with Crippen LogP contribution in [0.2, 0.25) is 0 Å². The molecule has 7 aliphatic rings. The molecule has 0 aromatic heterocycles. The average Bonchev–Trinajstić information content (AvgIpc) is 3.67. The van der Waals surface area contributed by atoms with Crippen molar-refractivity contribution in [3.63, 3.8) is 0 Å². The molecule has 4 fully saturated rings. The van der Waals surface area contributed by atoms with Gasteiger partial charge in [0.05, 0.1) is 29.4 Å². The lowest BCUT2D eigenvalue weighted by Gasteiger charge is -2.45. The number of imide groups is 1. The standard InChI is InChI=1S/C33H26N2O5/c36-30(24-15-12-22-23(13-15)40-33(39)27(22)24)34-16-6-5-7-17(14-16)35-31(37)28-25-18-8-1-2-9-19(18)26(29(28)32(35)38)21-11-4-3-10-20(21)25/h1-11,14-15,22-29H,12-13H2,(H,34,36)/t15-,22+,23+,24-,25?,26?,27-,28-,29+/m1/s1. The highest BCUT2D eigenvalue weighted by Gasteiger charge is 2.64. The summed E-state index contributed by atoms with van der Waals surface area (Å²) in [4.78, 5) is 55.3. The van der Waals surface area contributed by atoms with Crippen LogP contribution in [0.15, 0.2) is 72.8 Å². The number of ether oxygens (including phenoxy) is 1. The molecule has 0 radical (unpaired) electrons. The highest BCUT2D eigenvalue weighted by molar-refractivity contribution is 6.23. The summed E-state index contributed by atoms with van der Waals surface area (Å²) in [6, 6.07) is 23.4. The van der Waals surface area contributed by atoms with Crippen LogP contribution in [0.3, 0.4) is 0 Å². The van der Waals surface area contributed by atoms with Crippen LogP contribution >= 0.6 is 0 Å². The number of fused-ring (bicyclic) bond motifs is 1. The number of hydrogen-bond acceptors (Lipinski definition) is 5. The van der Waals surface area contributed by atoms with Crippen molar-refractivity contribution >= 4 is 35.1 Å². The summed E-state index contributed by atoms with van der Waals surface area (Å²) in [6.45, 7) is 0. The first-order chi connectivity index (χ1) is 19.5. The molecule has 7 heteroatoms. The SMILES string of the molecule is O=C(Nc1cccc(N2C(=O)[C@@H]3C4c5ccccc5C(c5ccccc54)[C@@H]3C2=O)c1)[C@@H]1[C@@H]2C[C@@H]3[C@H]1C(=O)O[C@H]3C2. The van der Waals surface area contributed by atoms with Crippen LogP contribution in [0.5, 0.6) is 0 Å². The van der Waals surface area contributed by atoms with Gasteiger partial charge in [-0.25, -0.2) is 4.90 Å². The van der Waals surface area contributed by atoms with E-state index in [0.29, 0.717) is 11.4 Å². The first-order valence-corrected chi connectivity index (χ1v) is 14.2. The van der Waals surface area contributed by atoms with E-state index in [2.05, 4.69) is 29.6 Å². The van der Waals surface area contributed by atoms with E-state index in [9.17, 15) is 19.2 Å². The molecule has 40 heavy (non-hydrogen) atoms. The van der Waals surface area contributed by atoms with Crippen molar-refractivity contribution in [1.29, 1.82) is 0 Å². The van der Waals surface area contributed by atoms with Gasteiger partial charge in [-0.3, -0.25) is 19.2 Å². The Balaban J connectivity index is 1.05. The highest BCUT2D eigenvalue weighted by atomic mass is 16.6. The Kier molecular flexibility index (Phi) is 4.33. The summed E-state index contributed by atoms with van der Waals surface area (Å²) in [6.07, 6.45) is 1.57. The van der Waals surface area contributed by atoms with Gasteiger partial charge in [-0.2, -0.15) is 0 Å². The molecule has 2 saturated carbocycles. The third kappa shape index (κ3) is 2.70. The second kappa shape index (κ2) is 7.68. The maximum atomic E-state index is 14.1. The lowest BCUT2D eigenvalue weighted by molar-refractivity contribution is -0.145. The van der Waals surface area contributed by atoms with Gasteiger partial charge in [-0.05, 0) is 59.2 Å². The Morgan fingerprint density at radius 1 is 0.750 bits per heavy atom. The Morgan fingerprint density at radius 3 is 1.95 bits per heavy atom. The van der Waals surface area contributed by atoms with Crippen LogP contribution in [-0.2, 0) is 23.9 Å². The van der Waals surface area contributed by atoms with Gasteiger partial charge in [0.2, 0.25) is 17.7 Å². The maximum absolute atomic E-state index is 14.1. The minimum absolute atomic E-state index is 0.0295. The number of esters is 1. The predicted molar refractivity (Wildman–Crippen MR) is 144 cm³/mol. The van der Waals surface area contributed by atoms with Gasteiger partial charge in [0.25, 0.3) is 0 Å². The van der Waals surface area contributed by atoms with E-state index < -0.39 is 17.8 Å². The molecular formula is C33H26N2O5. The molecule has 2 heterocycles. The van der Waals surface area contributed by atoms with Gasteiger partial charge in [0, 0.05) is 23.4 Å². The van der Waals surface area contributed by atoms with E-state index in [-0.39, 0.29) is 59.4 Å². The number of carbonyl (C=O) groups excluding carboxylic acids is 4. The zero-order valence-corrected chi connectivity index (χ0v) is 21.5. The van der Waals surface area contributed by atoms with Gasteiger partial charge >= 0.3 is 5.97 Å². The first kappa shape index (κ1) is 22.5. The van der Waals surface area contributed by atoms with E-state index >= 15 is 0 Å². The van der Waals surface area contributed by atoms with Gasteiger partial charge in [0.15, 0.2) is 0 Å². The molecule has 198 valence electrons. The van der Waals surface area contributed by atoms with Crippen molar-refractivity contribution in [1.82, 2.24) is 0 Å². The molecule has 5 aliphatic carbocycles. The minimum atomic E-state index is -0.462. The fourth-order valence-electron chi connectivity index (χ4n) is 9.24. The molecular weight excluding hydrogens is 504 g/mol. The van der Waals surface area contributed by atoms with Crippen molar-refractivity contribution in [2.45, 2.75) is 30.8 Å². The monoisotopic (exact) mass is 530 g/mol. The summed E-state index contributed by atoms with van der Waals surface area (Å²) in [7, 11) is 0. The first-order valence-electron chi connectivity index (χ1n) is 14.2. The van der Waals surface area contributed by atoms with Crippen LogP contribution in [0, 0.1) is 35.5 Å². The largest absolute Gasteiger partial charge is 0.462 e. The molecule has 3 aromatic rings. The number of benzene rings is 3. The van der Waals surface area contributed by atoms with E-state index in [4.69, 9.17) is 4.74 Å². The van der Waals surface area contributed by atoms with E-state index in [1.165, 1.54) is 4.90 Å². The zero-order chi connectivity index (χ0) is 26.9. The normalized spacial score (nSPS) is 35.5. The molecule has 2 saturated heterocycles. The Hall–Kier alpha value is -4.26. The lowest BCUT2D eigenvalue weighted by atomic mass is 9.55. The third-order valence-electron chi connectivity index (χ3n) is 10.6. The fraction of sp³-hybridized carbons (Fsp3) is 0.333. The van der Waals surface area contributed by atoms with Crippen LogP contribution in [0.25, 0.3) is 0 Å². The second-order valence-electron chi connectivity index (χ2n) is 12.2. The van der Waals surface area contributed by atoms with Crippen molar-refractivity contribution in [2.75, 3.05) is 10.2 Å². The highest BCUT2D eigenvalue weighted by Crippen LogP contribution is 2.61. The lowest BCUT2D eigenvalue weighted by Crippen LogP contribution is -2.41. The molecule has 3 aromatic carbocycles. The number of carbonyl (C=O) groups is 4. The minimum Gasteiger partial charge on any atom is -0.462 e. The smallest absolute Gasteiger partial charge is 0.310 e. The van der Waals surface area contributed by atoms with Crippen molar-refractivity contribution in [3.8, 4) is 0 Å². The van der Waals surface area contributed by atoms with Crippen LogP contribution in [0.1, 0.15) is 46.9 Å². The summed E-state index contributed by atoms with van der Waals surface area (Å²) in [5.41, 5.74) is 5.51. The number of nitrogens with one attached hydrogen (secondary N) is 1. The van der Waals surface area contributed by atoms with E-state index in [0.717, 1.165) is 35.1 Å². The molecule has 0 spiro atoms. The Morgan fingerprint density at radius 2 is 1.35 bits per heavy atom. The topological polar surface area (TPSA) is 92.8 Å². The van der Waals surface area contributed by atoms with Crippen LogP contribution in [-0.4, -0.2) is 29.8 Å². The summed E-state index contributed by atoms with van der Waals surface area (Å²) in [5.74, 6) is -2.55. The number of amides is 3. The Labute approximate surface area is 230 Å². The van der Waals surface area contributed by atoms with Gasteiger partial charge < -0.3 is 10.1 Å². The summed E-state index contributed by atoms with van der Waals surface area (Å²) >= 11 is 0. The van der Waals surface area contributed by atoms with Crippen LogP contribution < -0.4 is 10.2 Å². The second-order valence-corrected chi connectivity index (χ2v) is 12.2. The molecule has 7 atom stereocenters. The Bertz CT molecular complexity index is 1560. The van der Waals surface area contributed by atoms with Crippen LogP contribution in [0.4, 0.5) is 11.4 Å². The fourth-order valence-corrected chi connectivity index (χ4v) is 9.24. The molecule has 4 bridgehead atoms. The van der Waals surface area contributed by atoms with Gasteiger partial charge in [0.1, 0.15) is 6.10 Å². The predicted octanol–water partition coefficient (Wildman–Crippen LogP) is 4.22. The quantitative estimate of drug-likeness (QED) is 0.404. The van der Waals surface area contributed by atoms with Crippen molar-refractivity contribution in [2.24, 2.45) is 35.5 Å². The maximum Gasteiger partial charge on any atom is 0.310 e. The van der Waals surface area contributed by atoms with Crippen molar-refractivity contribution < 1.29 is 23.9 Å². The number of rotatable bonds is 3. The molecule has 7 nitrogen and oxygen atoms in total. The summed E-state index contributed by atoms with van der Waals surface area (Å²) in [5, 5.41) is 2.99. The number of hydrogen-bond donors (Lipinski definition) is 1. The van der Waals surface area contributed by atoms with Gasteiger partial charge in [-0.15, -0.1) is 0 Å². The van der Waals surface area contributed by atoms with Gasteiger partial charge in [-0.1, -0.05) is 54.6 Å². The number of nitrogens with zero attached hydrogens (tertiary/aromatic N) is 1. The third-order valence-corrected chi connectivity index (χ3v) is 10.6. The molecule has 10 rings (SSSR count). The number of anilines is 2. The zero-order valence-electron chi connectivity index (χ0n) is 21.5. The summed E-state index contributed by atoms with van der Waals surface area (Å²) < 4.78 is 5.49. The molecule has 0 unspecified atom stereocenters. The average molecular weight is 531 g/mol. The van der Waals surface area contributed by atoms with E-state index in [1.807, 2.05) is 24.3 Å². The van der Waals surface area contributed by atoms with E-state index in [1.54, 1.807) is 24.3 Å². The van der Waals surface area contributed by atoms with Crippen molar-refractivity contribution in [3.05, 3.63) is 95.1 Å².